The fourth-order valence-corrected chi connectivity index (χ4v) is 2.59. The van der Waals surface area contributed by atoms with E-state index in [0.29, 0.717) is 13.1 Å². The zero-order valence-corrected chi connectivity index (χ0v) is 14.0. The Kier molecular flexibility index (Phi) is 7.68. The Hall–Kier alpha value is -1.95. The first-order chi connectivity index (χ1) is 10.9. The van der Waals surface area contributed by atoms with Crippen LogP contribution in [-0.4, -0.2) is 53.0 Å². The van der Waals surface area contributed by atoms with E-state index in [1.54, 1.807) is 21.9 Å². The number of hydrogen-bond donors (Lipinski definition) is 1. The molecule has 0 saturated carbocycles. The standard InChI is InChI=1S/C17H25FN2O3/c1-4-10-19(12-17(22)23)11-16(21)20(5-2)13(3)14-6-8-15(18)9-7-14/h6-9,13H,4-5,10-12H2,1-3H3,(H,22,23). The minimum absolute atomic E-state index is 0.0690. The van der Waals surface area contributed by atoms with Gasteiger partial charge < -0.3 is 10.0 Å². The van der Waals surface area contributed by atoms with Crippen LogP contribution in [-0.2, 0) is 9.59 Å². The van der Waals surface area contributed by atoms with Crippen LogP contribution in [0, 0.1) is 5.82 Å². The molecule has 1 atom stereocenters. The van der Waals surface area contributed by atoms with Gasteiger partial charge in [0.05, 0.1) is 19.1 Å². The van der Waals surface area contributed by atoms with Gasteiger partial charge in [0.25, 0.3) is 0 Å². The van der Waals surface area contributed by atoms with Crippen molar-refractivity contribution < 1.29 is 19.1 Å². The number of aliphatic carboxylic acids is 1. The highest BCUT2D eigenvalue weighted by Crippen LogP contribution is 2.20. The lowest BCUT2D eigenvalue weighted by Crippen LogP contribution is -2.43. The number of carboxylic acids is 1. The van der Waals surface area contributed by atoms with Crippen molar-refractivity contribution in [3.8, 4) is 0 Å². The predicted octanol–water partition coefficient (Wildman–Crippen LogP) is 2.53. The van der Waals surface area contributed by atoms with Crippen LogP contribution in [0.3, 0.4) is 0 Å². The quantitative estimate of drug-likeness (QED) is 0.758. The van der Waals surface area contributed by atoms with E-state index in [2.05, 4.69) is 0 Å². The third-order valence-electron chi connectivity index (χ3n) is 3.74. The summed E-state index contributed by atoms with van der Waals surface area (Å²) in [6.07, 6.45) is 0.778. The zero-order chi connectivity index (χ0) is 17.4. The molecule has 23 heavy (non-hydrogen) atoms. The first-order valence-electron chi connectivity index (χ1n) is 7.88. The summed E-state index contributed by atoms with van der Waals surface area (Å²) in [7, 11) is 0. The van der Waals surface area contributed by atoms with E-state index >= 15 is 0 Å². The number of benzene rings is 1. The molecule has 1 unspecified atom stereocenters. The predicted molar refractivity (Wildman–Crippen MR) is 86.6 cm³/mol. The van der Waals surface area contributed by atoms with Gasteiger partial charge in [-0.15, -0.1) is 0 Å². The number of likely N-dealkylation sites (N-methyl/N-ethyl adjacent to an activating group) is 1. The van der Waals surface area contributed by atoms with E-state index < -0.39 is 5.97 Å². The van der Waals surface area contributed by atoms with Gasteiger partial charge in [0, 0.05) is 6.54 Å². The van der Waals surface area contributed by atoms with Crippen LogP contribution in [0.5, 0.6) is 0 Å². The van der Waals surface area contributed by atoms with Crippen molar-refractivity contribution in [2.45, 2.75) is 33.2 Å². The molecule has 1 aromatic carbocycles. The first-order valence-corrected chi connectivity index (χ1v) is 7.88. The molecule has 0 radical (unpaired) electrons. The Labute approximate surface area is 136 Å². The first kappa shape index (κ1) is 19.1. The summed E-state index contributed by atoms with van der Waals surface area (Å²) in [6, 6.07) is 5.88. The number of hydrogen-bond acceptors (Lipinski definition) is 3. The van der Waals surface area contributed by atoms with E-state index in [-0.39, 0.29) is 30.9 Å². The highest BCUT2D eigenvalue weighted by molar-refractivity contribution is 5.79. The van der Waals surface area contributed by atoms with Crippen molar-refractivity contribution in [3.63, 3.8) is 0 Å². The minimum Gasteiger partial charge on any atom is -0.480 e. The highest BCUT2D eigenvalue weighted by atomic mass is 19.1. The summed E-state index contributed by atoms with van der Waals surface area (Å²) in [5, 5.41) is 8.93. The van der Waals surface area contributed by atoms with Gasteiger partial charge in [0.2, 0.25) is 5.91 Å². The van der Waals surface area contributed by atoms with Crippen LogP contribution in [0.4, 0.5) is 4.39 Å². The molecule has 1 rings (SSSR count). The second kappa shape index (κ2) is 9.25. The molecule has 128 valence electrons. The van der Waals surface area contributed by atoms with Crippen molar-refractivity contribution >= 4 is 11.9 Å². The maximum Gasteiger partial charge on any atom is 0.317 e. The molecule has 0 fully saturated rings. The molecule has 0 saturated heterocycles. The molecule has 0 aliphatic carbocycles. The Bertz CT molecular complexity index is 519. The molecule has 0 heterocycles. The monoisotopic (exact) mass is 324 g/mol. The van der Waals surface area contributed by atoms with Gasteiger partial charge in [-0.25, -0.2) is 4.39 Å². The average Bonchev–Trinajstić information content (AvgIpc) is 2.48. The topological polar surface area (TPSA) is 60.9 Å². The maximum atomic E-state index is 13.0. The minimum atomic E-state index is -0.944. The van der Waals surface area contributed by atoms with Gasteiger partial charge in [-0.3, -0.25) is 14.5 Å². The summed E-state index contributed by atoms with van der Waals surface area (Å²) in [6.45, 7) is 6.68. The highest BCUT2D eigenvalue weighted by Gasteiger charge is 2.22. The van der Waals surface area contributed by atoms with Gasteiger partial charge in [-0.2, -0.15) is 0 Å². The van der Waals surface area contributed by atoms with Crippen LogP contribution in [0.1, 0.15) is 38.8 Å². The third-order valence-corrected chi connectivity index (χ3v) is 3.74. The maximum absolute atomic E-state index is 13.0. The number of rotatable bonds is 9. The third kappa shape index (κ3) is 5.98. The normalized spacial score (nSPS) is 12.2. The smallest absolute Gasteiger partial charge is 0.317 e. The largest absolute Gasteiger partial charge is 0.480 e. The van der Waals surface area contributed by atoms with Crippen LogP contribution < -0.4 is 0 Å². The molecule has 0 spiro atoms. The molecule has 0 aliphatic rings. The van der Waals surface area contributed by atoms with Crippen molar-refractivity contribution in [1.29, 1.82) is 0 Å². The van der Waals surface area contributed by atoms with Crippen molar-refractivity contribution in [2.75, 3.05) is 26.2 Å². The number of carboxylic acid groups (broad SMARTS) is 1. The number of carbonyl (C=O) groups excluding carboxylic acids is 1. The Morgan fingerprint density at radius 3 is 2.26 bits per heavy atom. The fraction of sp³-hybridized carbons (Fsp3) is 0.529. The molecule has 1 aromatic rings. The molecule has 6 heteroatoms. The Morgan fingerprint density at radius 2 is 1.78 bits per heavy atom. The van der Waals surface area contributed by atoms with Gasteiger partial charge in [-0.1, -0.05) is 19.1 Å². The molecule has 0 aromatic heterocycles. The molecule has 0 bridgehead atoms. The lowest BCUT2D eigenvalue weighted by atomic mass is 10.1. The molecule has 0 aliphatic heterocycles. The second-order valence-corrected chi connectivity index (χ2v) is 5.51. The average molecular weight is 324 g/mol. The molecule has 1 amide bonds. The van der Waals surface area contributed by atoms with Crippen LogP contribution in [0.15, 0.2) is 24.3 Å². The summed E-state index contributed by atoms with van der Waals surface area (Å²) < 4.78 is 13.0. The van der Waals surface area contributed by atoms with Crippen LogP contribution >= 0.6 is 0 Å². The van der Waals surface area contributed by atoms with Crippen LogP contribution in [0.2, 0.25) is 0 Å². The van der Waals surface area contributed by atoms with Gasteiger partial charge in [0.1, 0.15) is 5.82 Å². The van der Waals surface area contributed by atoms with E-state index in [9.17, 15) is 14.0 Å². The number of amides is 1. The number of carbonyl (C=O) groups is 2. The fourth-order valence-electron chi connectivity index (χ4n) is 2.59. The SMILES string of the molecule is CCCN(CC(=O)O)CC(=O)N(CC)C(C)c1ccc(F)cc1. The van der Waals surface area contributed by atoms with Crippen molar-refractivity contribution in [3.05, 3.63) is 35.6 Å². The van der Waals surface area contributed by atoms with E-state index in [1.165, 1.54) is 12.1 Å². The molecule has 1 N–H and O–H groups in total. The lowest BCUT2D eigenvalue weighted by molar-refractivity contribution is -0.140. The van der Waals surface area contributed by atoms with Gasteiger partial charge >= 0.3 is 5.97 Å². The lowest BCUT2D eigenvalue weighted by Gasteiger charge is -2.31. The van der Waals surface area contributed by atoms with E-state index in [4.69, 9.17) is 5.11 Å². The van der Waals surface area contributed by atoms with E-state index in [0.717, 1.165) is 12.0 Å². The van der Waals surface area contributed by atoms with Crippen molar-refractivity contribution in [1.82, 2.24) is 9.80 Å². The summed E-state index contributed by atoms with van der Waals surface area (Å²) in [5.74, 6) is -1.38. The number of nitrogens with zero attached hydrogens (tertiary/aromatic N) is 2. The van der Waals surface area contributed by atoms with Crippen molar-refractivity contribution in [2.24, 2.45) is 0 Å². The Morgan fingerprint density at radius 1 is 1.17 bits per heavy atom. The van der Waals surface area contributed by atoms with Gasteiger partial charge in [0.15, 0.2) is 0 Å². The summed E-state index contributed by atoms with van der Waals surface area (Å²) in [4.78, 5) is 26.7. The number of halogens is 1. The summed E-state index contributed by atoms with van der Waals surface area (Å²) in [5.41, 5.74) is 0.849. The molecular formula is C17H25FN2O3. The Balaban J connectivity index is 2.79. The summed E-state index contributed by atoms with van der Waals surface area (Å²) >= 11 is 0. The molecule has 5 nitrogen and oxygen atoms in total. The zero-order valence-electron chi connectivity index (χ0n) is 14.0. The molecular weight excluding hydrogens is 299 g/mol. The second-order valence-electron chi connectivity index (χ2n) is 5.51. The van der Waals surface area contributed by atoms with Crippen LogP contribution in [0.25, 0.3) is 0 Å². The van der Waals surface area contributed by atoms with E-state index in [1.807, 2.05) is 20.8 Å². The van der Waals surface area contributed by atoms with Gasteiger partial charge in [-0.05, 0) is 44.5 Å².